The van der Waals surface area contributed by atoms with Gasteiger partial charge in [-0.3, -0.25) is 0 Å². The standard InChI is InChI=1S/C19H23F3N2O3/c1-25-17-8-5-15(18(11-17)26-2)13-24-10-9-23-12-14-3-6-16(7-4-14)27-19(20,21)22/h3-8,11,23-24H,9-10,12-13H2,1-2H3. The number of alkyl halides is 3. The van der Waals surface area contributed by atoms with Crippen LogP contribution in [0.1, 0.15) is 11.1 Å². The molecule has 27 heavy (non-hydrogen) atoms. The highest BCUT2D eigenvalue weighted by Gasteiger charge is 2.30. The molecule has 0 saturated carbocycles. The number of methoxy groups -OCH3 is 2. The Morgan fingerprint density at radius 2 is 1.44 bits per heavy atom. The maximum Gasteiger partial charge on any atom is 0.573 e. The molecular formula is C19H23F3N2O3. The second-order valence-electron chi connectivity index (χ2n) is 5.72. The Hall–Kier alpha value is -2.45. The van der Waals surface area contributed by atoms with Crippen LogP contribution in [-0.4, -0.2) is 33.7 Å². The quantitative estimate of drug-likeness (QED) is 0.615. The molecule has 0 unspecified atom stereocenters. The maximum atomic E-state index is 12.1. The number of rotatable bonds is 10. The van der Waals surface area contributed by atoms with Gasteiger partial charge in [0.25, 0.3) is 0 Å². The average molecular weight is 384 g/mol. The molecule has 0 amide bonds. The first-order valence-corrected chi connectivity index (χ1v) is 8.38. The number of hydrogen-bond donors (Lipinski definition) is 2. The monoisotopic (exact) mass is 384 g/mol. The molecule has 0 aliphatic rings. The van der Waals surface area contributed by atoms with Crippen LogP contribution in [-0.2, 0) is 13.1 Å². The van der Waals surface area contributed by atoms with Crippen LogP contribution in [0.25, 0.3) is 0 Å². The van der Waals surface area contributed by atoms with E-state index in [1.807, 2.05) is 18.2 Å². The number of benzene rings is 2. The molecule has 2 aromatic rings. The minimum absolute atomic E-state index is 0.221. The van der Waals surface area contributed by atoms with E-state index >= 15 is 0 Å². The third kappa shape index (κ3) is 7.36. The van der Waals surface area contributed by atoms with Crippen LogP contribution < -0.4 is 24.8 Å². The summed E-state index contributed by atoms with van der Waals surface area (Å²) in [6.45, 7) is 2.64. The third-order valence-electron chi connectivity index (χ3n) is 3.77. The first-order chi connectivity index (χ1) is 12.9. The van der Waals surface area contributed by atoms with E-state index in [1.54, 1.807) is 26.4 Å². The van der Waals surface area contributed by atoms with Gasteiger partial charge in [0.05, 0.1) is 14.2 Å². The van der Waals surface area contributed by atoms with Crippen molar-refractivity contribution in [2.75, 3.05) is 27.3 Å². The minimum atomic E-state index is -4.67. The molecule has 0 aliphatic heterocycles. The number of nitrogens with one attached hydrogen (secondary N) is 2. The van der Waals surface area contributed by atoms with E-state index in [0.29, 0.717) is 19.6 Å². The summed E-state index contributed by atoms with van der Waals surface area (Å²) in [5.41, 5.74) is 1.90. The van der Waals surface area contributed by atoms with Crippen molar-refractivity contribution in [2.24, 2.45) is 0 Å². The first kappa shape index (κ1) is 20.9. The van der Waals surface area contributed by atoms with Gasteiger partial charge in [0.1, 0.15) is 17.2 Å². The van der Waals surface area contributed by atoms with Crippen LogP contribution in [0.2, 0.25) is 0 Å². The SMILES string of the molecule is COc1ccc(CNCCNCc2ccc(OC(F)(F)F)cc2)c(OC)c1. The van der Waals surface area contributed by atoms with E-state index in [-0.39, 0.29) is 5.75 Å². The molecule has 0 fully saturated rings. The third-order valence-corrected chi connectivity index (χ3v) is 3.77. The van der Waals surface area contributed by atoms with Gasteiger partial charge in [0.2, 0.25) is 0 Å². The van der Waals surface area contributed by atoms with Crippen molar-refractivity contribution in [1.29, 1.82) is 0 Å². The Morgan fingerprint density at radius 3 is 2.04 bits per heavy atom. The summed E-state index contributed by atoms with van der Waals surface area (Å²) in [5.74, 6) is 1.28. The summed E-state index contributed by atoms with van der Waals surface area (Å²) >= 11 is 0. The van der Waals surface area contributed by atoms with Gasteiger partial charge < -0.3 is 24.8 Å². The average Bonchev–Trinajstić information content (AvgIpc) is 2.64. The van der Waals surface area contributed by atoms with Crippen LogP contribution in [0.15, 0.2) is 42.5 Å². The van der Waals surface area contributed by atoms with Gasteiger partial charge in [0.15, 0.2) is 0 Å². The zero-order valence-corrected chi connectivity index (χ0v) is 15.2. The van der Waals surface area contributed by atoms with E-state index in [9.17, 15) is 13.2 Å². The van der Waals surface area contributed by atoms with Gasteiger partial charge in [-0.05, 0) is 23.8 Å². The molecule has 2 rings (SSSR count). The Kier molecular flexibility index (Phi) is 7.75. The van der Waals surface area contributed by atoms with Crippen LogP contribution >= 0.6 is 0 Å². The summed E-state index contributed by atoms with van der Waals surface area (Å²) in [5, 5.41) is 6.53. The highest BCUT2D eigenvalue weighted by atomic mass is 19.4. The van der Waals surface area contributed by atoms with Crippen LogP contribution in [0.5, 0.6) is 17.2 Å². The highest BCUT2D eigenvalue weighted by molar-refractivity contribution is 5.40. The molecular weight excluding hydrogens is 361 g/mol. The zero-order valence-electron chi connectivity index (χ0n) is 15.2. The smallest absolute Gasteiger partial charge is 0.497 e. The number of halogens is 3. The predicted molar refractivity (Wildman–Crippen MR) is 96.1 cm³/mol. The predicted octanol–water partition coefficient (Wildman–Crippen LogP) is 3.48. The molecule has 0 heterocycles. The fourth-order valence-corrected chi connectivity index (χ4v) is 2.44. The summed E-state index contributed by atoms with van der Waals surface area (Å²) in [6.07, 6.45) is -4.67. The van der Waals surface area contributed by atoms with Crippen molar-refractivity contribution < 1.29 is 27.4 Å². The molecule has 8 heteroatoms. The first-order valence-electron chi connectivity index (χ1n) is 8.38. The molecule has 0 spiro atoms. The van der Waals surface area contributed by atoms with E-state index in [0.717, 1.165) is 29.2 Å². The van der Waals surface area contributed by atoms with E-state index in [4.69, 9.17) is 9.47 Å². The molecule has 2 N–H and O–H groups in total. The molecule has 0 bridgehead atoms. The minimum Gasteiger partial charge on any atom is -0.497 e. The van der Waals surface area contributed by atoms with Crippen molar-refractivity contribution >= 4 is 0 Å². The molecule has 2 aromatic carbocycles. The van der Waals surface area contributed by atoms with Crippen molar-refractivity contribution in [3.05, 3.63) is 53.6 Å². The van der Waals surface area contributed by atoms with Gasteiger partial charge >= 0.3 is 6.36 Å². The molecule has 0 aliphatic carbocycles. The van der Waals surface area contributed by atoms with Gasteiger partial charge in [-0.15, -0.1) is 13.2 Å². The lowest BCUT2D eigenvalue weighted by Gasteiger charge is -2.12. The van der Waals surface area contributed by atoms with Crippen molar-refractivity contribution in [3.63, 3.8) is 0 Å². The Labute approximate surface area is 156 Å². The van der Waals surface area contributed by atoms with Crippen LogP contribution in [0, 0.1) is 0 Å². The highest BCUT2D eigenvalue weighted by Crippen LogP contribution is 2.24. The zero-order chi connectivity index (χ0) is 19.7. The maximum absolute atomic E-state index is 12.1. The second-order valence-corrected chi connectivity index (χ2v) is 5.72. The Balaban J connectivity index is 1.67. The molecule has 5 nitrogen and oxygen atoms in total. The van der Waals surface area contributed by atoms with E-state index in [1.165, 1.54) is 12.1 Å². The molecule has 0 saturated heterocycles. The van der Waals surface area contributed by atoms with Gasteiger partial charge in [-0.1, -0.05) is 18.2 Å². The molecule has 0 atom stereocenters. The lowest BCUT2D eigenvalue weighted by Crippen LogP contribution is -2.26. The summed E-state index contributed by atoms with van der Waals surface area (Å²) in [4.78, 5) is 0. The number of hydrogen-bond acceptors (Lipinski definition) is 5. The molecule has 0 radical (unpaired) electrons. The Morgan fingerprint density at radius 1 is 0.815 bits per heavy atom. The lowest BCUT2D eigenvalue weighted by atomic mass is 10.2. The second kappa shape index (κ2) is 10.0. The van der Waals surface area contributed by atoms with Crippen molar-refractivity contribution in [2.45, 2.75) is 19.5 Å². The van der Waals surface area contributed by atoms with E-state index < -0.39 is 6.36 Å². The largest absolute Gasteiger partial charge is 0.573 e. The number of ether oxygens (including phenoxy) is 3. The molecule has 0 aromatic heterocycles. The topological polar surface area (TPSA) is 51.8 Å². The summed E-state index contributed by atoms with van der Waals surface area (Å²) < 4.78 is 50.7. The lowest BCUT2D eigenvalue weighted by molar-refractivity contribution is -0.274. The van der Waals surface area contributed by atoms with Crippen molar-refractivity contribution in [1.82, 2.24) is 10.6 Å². The van der Waals surface area contributed by atoms with Gasteiger partial charge in [0, 0.05) is 37.8 Å². The Bertz CT molecular complexity index is 706. The normalized spacial score (nSPS) is 11.3. The molecule has 148 valence electrons. The van der Waals surface area contributed by atoms with Gasteiger partial charge in [-0.2, -0.15) is 0 Å². The van der Waals surface area contributed by atoms with Gasteiger partial charge in [-0.25, -0.2) is 0 Å². The van der Waals surface area contributed by atoms with E-state index in [2.05, 4.69) is 15.4 Å². The summed E-state index contributed by atoms with van der Waals surface area (Å²) in [7, 11) is 3.22. The van der Waals surface area contributed by atoms with Crippen LogP contribution in [0.4, 0.5) is 13.2 Å². The van der Waals surface area contributed by atoms with Crippen LogP contribution in [0.3, 0.4) is 0 Å². The summed E-state index contributed by atoms with van der Waals surface area (Å²) in [6, 6.07) is 11.5. The van der Waals surface area contributed by atoms with Crippen molar-refractivity contribution in [3.8, 4) is 17.2 Å². The fourth-order valence-electron chi connectivity index (χ4n) is 2.44. The fraction of sp³-hybridized carbons (Fsp3) is 0.368.